The fourth-order valence-corrected chi connectivity index (χ4v) is 8.53. The number of hydrogen-bond donors (Lipinski definition) is 0. The Morgan fingerprint density at radius 3 is 1.94 bits per heavy atom. The monoisotopic (exact) mass is 552 g/mol. The highest BCUT2D eigenvalue weighted by Gasteiger charge is 2.42. The first-order valence-corrected chi connectivity index (χ1v) is 14.4. The van der Waals surface area contributed by atoms with Crippen molar-refractivity contribution in [2.45, 2.75) is 20.4 Å². The molecule has 0 aliphatic carbocycles. The van der Waals surface area contributed by atoms with Gasteiger partial charge >= 0.3 is 0 Å². The molecule has 0 saturated carbocycles. The van der Waals surface area contributed by atoms with Gasteiger partial charge in [0.1, 0.15) is 23.2 Å². The van der Waals surface area contributed by atoms with E-state index in [2.05, 4.69) is 128 Å². The van der Waals surface area contributed by atoms with E-state index < -0.39 is 7.26 Å². The summed E-state index contributed by atoms with van der Waals surface area (Å²) >= 11 is 0. The Labute approximate surface area is 225 Å². The number of aromatic nitrogens is 1. The summed E-state index contributed by atoms with van der Waals surface area (Å²) in [5.41, 5.74) is 4.37. The highest BCUT2D eigenvalue weighted by Crippen LogP contribution is 2.53. The van der Waals surface area contributed by atoms with Crippen molar-refractivity contribution < 1.29 is 17.0 Å². The molecule has 0 bridgehead atoms. The molecule has 4 aromatic carbocycles. The van der Waals surface area contributed by atoms with Crippen LogP contribution in [0.3, 0.4) is 0 Å². The zero-order chi connectivity index (χ0) is 24.4. The van der Waals surface area contributed by atoms with Crippen molar-refractivity contribution in [1.82, 2.24) is 4.57 Å². The smallest absolute Gasteiger partial charge is 0.113 e. The molecule has 0 fully saturated rings. The van der Waals surface area contributed by atoms with Gasteiger partial charge in [-0.2, -0.15) is 5.26 Å². The molecular formula is C32H30BrN2P. The van der Waals surface area contributed by atoms with Crippen molar-refractivity contribution >= 4 is 34.1 Å². The van der Waals surface area contributed by atoms with Crippen molar-refractivity contribution in [3.8, 4) is 17.3 Å². The Balaban J connectivity index is 0.00000304. The Hall–Kier alpha value is -3.18. The Morgan fingerprint density at radius 2 is 1.36 bits per heavy atom. The maximum atomic E-state index is 9.49. The fourth-order valence-electron chi connectivity index (χ4n) is 5.09. The van der Waals surface area contributed by atoms with E-state index in [0.29, 0.717) is 11.5 Å². The minimum Gasteiger partial charge on any atom is -1.00 e. The number of hydrogen-bond acceptors (Lipinski definition) is 1. The van der Waals surface area contributed by atoms with Crippen molar-refractivity contribution in [1.29, 1.82) is 5.26 Å². The first kappa shape index (κ1) is 25.9. The third-order valence-corrected chi connectivity index (χ3v) is 10.8. The molecular weight excluding hydrogens is 523 g/mol. The summed E-state index contributed by atoms with van der Waals surface area (Å²) in [6, 6.07) is 41.5. The summed E-state index contributed by atoms with van der Waals surface area (Å²) in [4.78, 5) is 0. The molecule has 4 heteroatoms. The zero-order valence-corrected chi connectivity index (χ0v) is 23.4. The quantitative estimate of drug-likeness (QED) is 0.295. The third-order valence-electron chi connectivity index (χ3n) is 6.79. The van der Waals surface area contributed by atoms with Gasteiger partial charge in [-0.3, -0.25) is 0 Å². The van der Waals surface area contributed by atoms with E-state index in [1.54, 1.807) is 0 Å². The highest BCUT2D eigenvalue weighted by atomic mass is 79.9. The van der Waals surface area contributed by atoms with Crippen LogP contribution in [0.25, 0.3) is 22.2 Å². The molecule has 180 valence electrons. The Morgan fingerprint density at radius 1 is 0.778 bits per heavy atom. The summed E-state index contributed by atoms with van der Waals surface area (Å²) in [6.07, 6.45) is 0. The molecule has 36 heavy (non-hydrogen) atoms. The van der Waals surface area contributed by atoms with Crippen LogP contribution in [0.2, 0.25) is 0 Å². The van der Waals surface area contributed by atoms with Gasteiger partial charge in [0, 0.05) is 23.0 Å². The summed E-state index contributed by atoms with van der Waals surface area (Å²) in [5, 5.41) is 14.7. The normalized spacial score (nSPS) is 11.3. The Bertz CT molecular complexity index is 1480. The molecule has 1 aromatic heterocycles. The average molecular weight is 553 g/mol. The molecule has 5 aromatic rings. The second kappa shape index (κ2) is 10.8. The lowest BCUT2D eigenvalue weighted by molar-refractivity contribution is -0.00000725. The number of nitriles is 1. The van der Waals surface area contributed by atoms with Crippen LogP contribution in [0.15, 0.2) is 109 Å². The van der Waals surface area contributed by atoms with Crippen LogP contribution in [0, 0.1) is 17.2 Å². The first-order chi connectivity index (χ1) is 17.0. The molecule has 0 aliphatic rings. The van der Waals surface area contributed by atoms with Crippen LogP contribution in [-0.4, -0.2) is 11.2 Å². The standard InChI is InChI=1S/C32H30N2P.BrH/c1-24(2)23-34-30-19-18-25(22-33)20-26(30)21-31(34)29-16-10-11-17-32(29)35(3,27-12-6-4-7-13-27)28-14-8-5-9-15-28;/h4-21,24H,23H2,1-3H3;1H/q+1;/p-1. The second-order valence-electron chi connectivity index (χ2n) is 9.61. The van der Waals surface area contributed by atoms with Crippen LogP contribution in [0.1, 0.15) is 19.4 Å². The number of benzene rings is 4. The molecule has 0 unspecified atom stereocenters. The van der Waals surface area contributed by atoms with Gasteiger partial charge in [0.15, 0.2) is 0 Å². The summed E-state index contributed by atoms with van der Waals surface area (Å²) in [6.45, 7) is 7.89. The fraction of sp³-hybridized carbons (Fsp3) is 0.156. The summed E-state index contributed by atoms with van der Waals surface area (Å²) in [5.74, 6) is 0.497. The molecule has 5 rings (SSSR count). The molecule has 0 N–H and O–H groups in total. The SMILES string of the molecule is CC(C)Cn1c(-c2ccccc2[P+](C)(c2ccccc2)c2ccccc2)cc2cc(C#N)ccc21.[Br-]. The lowest BCUT2D eigenvalue weighted by atomic mass is 10.1. The number of rotatable bonds is 6. The third kappa shape index (κ3) is 4.64. The molecule has 0 spiro atoms. The van der Waals surface area contributed by atoms with Crippen LogP contribution < -0.4 is 32.9 Å². The molecule has 0 saturated heterocycles. The Kier molecular flexibility index (Phi) is 7.79. The van der Waals surface area contributed by atoms with Gasteiger partial charge in [0.05, 0.1) is 24.0 Å². The average Bonchev–Trinajstić information content (AvgIpc) is 3.25. The van der Waals surface area contributed by atoms with Crippen molar-refractivity contribution in [2.75, 3.05) is 6.66 Å². The van der Waals surface area contributed by atoms with E-state index in [1.807, 2.05) is 12.1 Å². The van der Waals surface area contributed by atoms with E-state index in [1.165, 1.54) is 32.7 Å². The zero-order valence-electron chi connectivity index (χ0n) is 20.9. The molecule has 2 nitrogen and oxygen atoms in total. The van der Waals surface area contributed by atoms with Crippen LogP contribution in [0.5, 0.6) is 0 Å². The van der Waals surface area contributed by atoms with Crippen LogP contribution >= 0.6 is 7.26 Å². The van der Waals surface area contributed by atoms with Gasteiger partial charge in [-0.15, -0.1) is 0 Å². The van der Waals surface area contributed by atoms with E-state index >= 15 is 0 Å². The van der Waals surface area contributed by atoms with Gasteiger partial charge in [-0.05, 0) is 66.6 Å². The van der Waals surface area contributed by atoms with Gasteiger partial charge in [0.2, 0.25) is 0 Å². The maximum absolute atomic E-state index is 9.49. The van der Waals surface area contributed by atoms with Crippen LogP contribution in [-0.2, 0) is 6.54 Å². The van der Waals surface area contributed by atoms with E-state index in [0.717, 1.165) is 11.9 Å². The minimum atomic E-state index is -1.91. The minimum absolute atomic E-state index is 0. The van der Waals surface area contributed by atoms with E-state index in [-0.39, 0.29) is 17.0 Å². The van der Waals surface area contributed by atoms with Gasteiger partial charge in [0.25, 0.3) is 0 Å². The molecule has 1 heterocycles. The number of fused-ring (bicyclic) bond motifs is 1. The summed E-state index contributed by atoms with van der Waals surface area (Å²) < 4.78 is 2.44. The molecule has 0 aliphatic heterocycles. The van der Waals surface area contributed by atoms with Crippen molar-refractivity contribution in [3.05, 3.63) is 115 Å². The number of nitrogens with zero attached hydrogens (tertiary/aromatic N) is 2. The maximum Gasteiger partial charge on any atom is 0.113 e. The van der Waals surface area contributed by atoms with Gasteiger partial charge in [-0.1, -0.05) is 62.4 Å². The number of halogens is 1. The second-order valence-corrected chi connectivity index (χ2v) is 13.1. The largest absolute Gasteiger partial charge is 1.00 e. The highest BCUT2D eigenvalue weighted by molar-refractivity contribution is 7.95. The van der Waals surface area contributed by atoms with Gasteiger partial charge < -0.3 is 21.5 Å². The van der Waals surface area contributed by atoms with Gasteiger partial charge in [-0.25, -0.2) is 0 Å². The lowest BCUT2D eigenvalue weighted by Crippen LogP contribution is -3.00. The lowest BCUT2D eigenvalue weighted by Gasteiger charge is -2.26. The van der Waals surface area contributed by atoms with Crippen molar-refractivity contribution in [2.24, 2.45) is 5.92 Å². The molecule has 0 radical (unpaired) electrons. The predicted octanol–water partition coefficient (Wildman–Crippen LogP) is 3.76. The van der Waals surface area contributed by atoms with Crippen molar-refractivity contribution in [3.63, 3.8) is 0 Å². The molecule has 0 amide bonds. The van der Waals surface area contributed by atoms with E-state index in [9.17, 15) is 5.26 Å². The summed E-state index contributed by atoms with van der Waals surface area (Å²) in [7, 11) is -1.91. The molecule has 0 atom stereocenters. The first-order valence-electron chi connectivity index (χ1n) is 12.1. The predicted molar refractivity (Wildman–Crippen MR) is 152 cm³/mol. The van der Waals surface area contributed by atoms with Crippen LogP contribution in [0.4, 0.5) is 0 Å². The topological polar surface area (TPSA) is 28.7 Å². The van der Waals surface area contributed by atoms with E-state index in [4.69, 9.17) is 0 Å².